The van der Waals surface area contributed by atoms with E-state index in [4.69, 9.17) is 5.73 Å². The summed E-state index contributed by atoms with van der Waals surface area (Å²) in [7, 11) is 0. The molecule has 0 heterocycles. The standard InChI is InChI=1S/C13H19N/c1-2-11-5-3-4-6-12(11)13(14)9-10-7-8-10/h3-6,10,13H,2,7-9,14H2,1H3/t13-/m0/s1. The highest BCUT2D eigenvalue weighted by Gasteiger charge is 2.24. The molecule has 1 nitrogen and oxygen atoms in total. The summed E-state index contributed by atoms with van der Waals surface area (Å²) in [6.45, 7) is 2.20. The zero-order chi connectivity index (χ0) is 9.97. The summed E-state index contributed by atoms with van der Waals surface area (Å²) < 4.78 is 0. The van der Waals surface area contributed by atoms with E-state index >= 15 is 0 Å². The molecule has 0 unspecified atom stereocenters. The van der Waals surface area contributed by atoms with Gasteiger partial charge < -0.3 is 5.73 Å². The Labute approximate surface area is 86.3 Å². The highest BCUT2D eigenvalue weighted by Crippen LogP contribution is 2.37. The van der Waals surface area contributed by atoms with Gasteiger partial charge in [-0.25, -0.2) is 0 Å². The largest absolute Gasteiger partial charge is 0.324 e. The molecule has 0 spiro atoms. The molecule has 0 aromatic heterocycles. The molecule has 2 rings (SSSR count). The van der Waals surface area contributed by atoms with E-state index in [-0.39, 0.29) is 6.04 Å². The van der Waals surface area contributed by atoms with Gasteiger partial charge in [-0.1, -0.05) is 44.0 Å². The van der Waals surface area contributed by atoms with Crippen LogP contribution in [0.3, 0.4) is 0 Å². The maximum atomic E-state index is 6.21. The lowest BCUT2D eigenvalue weighted by Gasteiger charge is -2.15. The quantitative estimate of drug-likeness (QED) is 0.774. The average molecular weight is 189 g/mol. The second-order valence-corrected chi connectivity index (χ2v) is 4.34. The molecule has 1 aromatic rings. The number of hydrogen-bond donors (Lipinski definition) is 1. The van der Waals surface area contributed by atoms with Crippen LogP contribution in [0.4, 0.5) is 0 Å². The molecule has 0 saturated heterocycles. The number of aryl methyl sites for hydroxylation is 1. The zero-order valence-corrected chi connectivity index (χ0v) is 8.87. The Balaban J connectivity index is 2.11. The van der Waals surface area contributed by atoms with Crippen molar-refractivity contribution in [2.45, 2.75) is 38.6 Å². The SMILES string of the molecule is CCc1ccccc1[C@@H](N)CC1CC1. The number of hydrogen-bond acceptors (Lipinski definition) is 1. The topological polar surface area (TPSA) is 26.0 Å². The predicted octanol–water partition coefficient (Wildman–Crippen LogP) is 3.05. The Hall–Kier alpha value is -0.820. The van der Waals surface area contributed by atoms with E-state index < -0.39 is 0 Å². The fraction of sp³-hybridized carbons (Fsp3) is 0.538. The zero-order valence-electron chi connectivity index (χ0n) is 8.87. The van der Waals surface area contributed by atoms with Crippen molar-refractivity contribution in [2.24, 2.45) is 11.7 Å². The number of benzene rings is 1. The molecule has 0 aliphatic heterocycles. The van der Waals surface area contributed by atoms with E-state index in [2.05, 4.69) is 31.2 Å². The molecule has 1 aromatic carbocycles. The van der Waals surface area contributed by atoms with Gasteiger partial charge in [-0.2, -0.15) is 0 Å². The summed E-state index contributed by atoms with van der Waals surface area (Å²) in [6.07, 6.45) is 5.05. The molecule has 1 fully saturated rings. The van der Waals surface area contributed by atoms with Crippen LogP contribution >= 0.6 is 0 Å². The Bertz CT molecular complexity index is 302. The van der Waals surface area contributed by atoms with Gasteiger partial charge >= 0.3 is 0 Å². The summed E-state index contributed by atoms with van der Waals surface area (Å²) in [4.78, 5) is 0. The highest BCUT2D eigenvalue weighted by atomic mass is 14.6. The molecule has 76 valence electrons. The van der Waals surface area contributed by atoms with Gasteiger partial charge in [-0.05, 0) is 29.9 Å². The Kier molecular flexibility index (Phi) is 2.87. The van der Waals surface area contributed by atoms with Gasteiger partial charge in [0.2, 0.25) is 0 Å². The molecule has 0 bridgehead atoms. The minimum Gasteiger partial charge on any atom is -0.324 e. The molecule has 1 heteroatoms. The molecule has 1 saturated carbocycles. The normalized spacial score (nSPS) is 18.1. The first-order valence-corrected chi connectivity index (χ1v) is 5.64. The fourth-order valence-electron chi connectivity index (χ4n) is 2.06. The van der Waals surface area contributed by atoms with Crippen molar-refractivity contribution >= 4 is 0 Å². The second kappa shape index (κ2) is 4.14. The molecular formula is C13H19N. The van der Waals surface area contributed by atoms with E-state index in [1.54, 1.807) is 0 Å². The summed E-state index contributed by atoms with van der Waals surface area (Å²) in [5.74, 6) is 0.912. The van der Waals surface area contributed by atoms with Gasteiger partial charge in [0.15, 0.2) is 0 Å². The van der Waals surface area contributed by atoms with Crippen molar-refractivity contribution in [3.05, 3.63) is 35.4 Å². The third-order valence-electron chi connectivity index (χ3n) is 3.12. The third kappa shape index (κ3) is 2.16. The lowest BCUT2D eigenvalue weighted by atomic mass is 9.96. The minimum atomic E-state index is 0.263. The number of rotatable bonds is 4. The second-order valence-electron chi connectivity index (χ2n) is 4.34. The Morgan fingerprint density at radius 1 is 1.36 bits per heavy atom. The van der Waals surface area contributed by atoms with E-state index in [9.17, 15) is 0 Å². The molecule has 0 amide bonds. The first-order valence-electron chi connectivity index (χ1n) is 5.64. The van der Waals surface area contributed by atoms with Crippen molar-refractivity contribution in [3.63, 3.8) is 0 Å². The third-order valence-corrected chi connectivity index (χ3v) is 3.12. The van der Waals surface area contributed by atoms with E-state index in [1.807, 2.05) is 0 Å². The van der Waals surface area contributed by atoms with Gasteiger partial charge in [0.25, 0.3) is 0 Å². The molecule has 2 N–H and O–H groups in total. The van der Waals surface area contributed by atoms with Crippen molar-refractivity contribution in [3.8, 4) is 0 Å². The van der Waals surface area contributed by atoms with Crippen LogP contribution in [-0.4, -0.2) is 0 Å². The fourth-order valence-corrected chi connectivity index (χ4v) is 2.06. The van der Waals surface area contributed by atoms with Crippen LogP contribution in [0.5, 0.6) is 0 Å². The van der Waals surface area contributed by atoms with E-state index in [1.165, 1.54) is 30.4 Å². The van der Waals surface area contributed by atoms with Gasteiger partial charge in [0, 0.05) is 6.04 Å². The van der Waals surface area contributed by atoms with Crippen LogP contribution in [0.25, 0.3) is 0 Å². The molecule has 1 atom stereocenters. The van der Waals surface area contributed by atoms with Gasteiger partial charge in [0.05, 0.1) is 0 Å². The highest BCUT2D eigenvalue weighted by molar-refractivity contribution is 5.29. The van der Waals surface area contributed by atoms with Gasteiger partial charge in [-0.15, -0.1) is 0 Å². The maximum Gasteiger partial charge on any atom is 0.0300 e. The summed E-state index contributed by atoms with van der Waals surface area (Å²) in [6, 6.07) is 8.85. The van der Waals surface area contributed by atoms with E-state index in [0.29, 0.717) is 0 Å². The van der Waals surface area contributed by atoms with Crippen LogP contribution in [0.15, 0.2) is 24.3 Å². The predicted molar refractivity (Wildman–Crippen MR) is 60.1 cm³/mol. The molecule has 14 heavy (non-hydrogen) atoms. The van der Waals surface area contributed by atoms with E-state index in [0.717, 1.165) is 12.3 Å². The van der Waals surface area contributed by atoms with Gasteiger partial charge in [-0.3, -0.25) is 0 Å². The lowest BCUT2D eigenvalue weighted by molar-refractivity contribution is 0.592. The Morgan fingerprint density at radius 3 is 2.71 bits per heavy atom. The van der Waals surface area contributed by atoms with Crippen molar-refractivity contribution in [1.29, 1.82) is 0 Å². The number of nitrogens with two attached hydrogens (primary N) is 1. The van der Waals surface area contributed by atoms with Gasteiger partial charge in [0.1, 0.15) is 0 Å². The van der Waals surface area contributed by atoms with Crippen LogP contribution in [0.2, 0.25) is 0 Å². The van der Waals surface area contributed by atoms with Crippen molar-refractivity contribution < 1.29 is 0 Å². The molecular weight excluding hydrogens is 170 g/mol. The summed E-state index contributed by atoms with van der Waals surface area (Å²) in [5.41, 5.74) is 8.99. The van der Waals surface area contributed by atoms with Crippen molar-refractivity contribution in [2.75, 3.05) is 0 Å². The molecule has 1 aliphatic carbocycles. The van der Waals surface area contributed by atoms with Crippen LogP contribution in [-0.2, 0) is 6.42 Å². The maximum absolute atomic E-state index is 6.21. The van der Waals surface area contributed by atoms with Crippen LogP contribution in [0, 0.1) is 5.92 Å². The smallest absolute Gasteiger partial charge is 0.0300 e. The molecule has 0 radical (unpaired) electrons. The summed E-state index contributed by atoms with van der Waals surface area (Å²) >= 11 is 0. The average Bonchev–Trinajstić information content (AvgIpc) is 3.01. The van der Waals surface area contributed by atoms with Crippen LogP contribution in [0.1, 0.15) is 43.4 Å². The lowest BCUT2D eigenvalue weighted by Crippen LogP contribution is -2.13. The first-order chi connectivity index (χ1) is 6.81. The van der Waals surface area contributed by atoms with Crippen molar-refractivity contribution in [1.82, 2.24) is 0 Å². The molecule has 1 aliphatic rings. The Morgan fingerprint density at radius 2 is 2.07 bits per heavy atom. The summed E-state index contributed by atoms with van der Waals surface area (Å²) in [5, 5.41) is 0. The first kappa shape index (κ1) is 9.72. The monoisotopic (exact) mass is 189 g/mol. The minimum absolute atomic E-state index is 0.263. The van der Waals surface area contributed by atoms with Crippen LogP contribution < -0.4 is 5.73 Å².